The molecule has 1 rings (SSSR count). The van der Waals surface area contributed by atoms with Gasteiger partial charge in [0.2, 0.25) is 0 Å². The summed E-state index contributed by atoms with van der Waals surface area (Å²) in [5.41, 5.74) is 5.45. The Hall–Kier alpha value is -1.36. The number of carbonyl (C=O) groups is 1. The standard InChI is InChI=1S/C7H10N2O3/c1-2-11-7(10)6-5(3-8)12-4-9-6/h4H,2-3,8H2,1H3. The van der Waals surface area contributed by atoms with Gasteiger partial charge in [0.05, 0.1) is 13.2 Å². The van der Waals surface area contributed by atoms with E-state index >= 15 is 0 Å². The molecule has 0 saturated carbocycles. The fraction of sp³-hybridized carbons (Fsp3) is 0.429. The number of carbonyl (C=O) groups excluding carboxylic acids is 1. The molecule has 0 bridgehead atoms. The van der Waals surface area contributed by atoms with Crippen LogP contribution < -0.4 is 5.73 Å². The molecular weight excluding hydrogens is 160 g/mol. The smallest absolute Gasteiger partial charge is 0.360 e. The summed E-state index contributed by atoms with van der Waals surface area (Å²) in [5.74, 6) is -0.139. The molecule has 1 heterocycles. The molecule has 0 amide bonds. The van der Waals surface area contributed by atoms with Crippen LogP contribution in [-0.2, 0) is 11.3 Å². The molecule has 0 saturated heterocycles. The Morgan fingerprint density at radius 1 is 1.83 bits per heavy atom. The highest BCUT2D eigenvalue weighted by Gasteiger charge is 2.15. The van der Waals surface area contributed by atoms with E-state index in [-0.39, 0.29) is 12.2 Å². The third-order valence-electron chi connectivity index (χ3n) is 1.30. The molecule has 1 aromatic heterocycles. The molecule has 0 spiro atoms. The largest absolute Gasteiger partial charge is 0.461 e. The summed E-state index contributed by atoms with van der Waals surface area (Å²) < 4.78 is 9.56. The predicted molar refractivity (Wildman–Crippen MR) is 40.4 cm³/mol. The minimum Gasteiger partial charge on any atom is -0.461 e. The number of oxazole rings is 1. The van der Waals surface area contributed by atoms with Crippen molar-refractivity contribution in [3.05, 3.63) is 17.8 Å². The van der Waals surface area contributed by atoms with E-state index in [4.69, 9.17) is 14.9 Å². The first-order valence-electron chi connectivity index (χ1n) is 3.59. The summed E-state index contributed by atoms with van der Waals surface area (Å²) in [6.45, 7) is 2.18. The van der Waals surface area contributed by atoms with Gasteiger partial charge in [-0.2, -0.15) is 0 Å². The van der Waals surface area contributed by atoms with Crippen LogP contribution in [0.5, 0.6) is 0 Å². The van der Waals surface area contributed by atoms with Gasteiger partial charge in [-0.3, -0.25) is 0 Å². The molecule has 0 aliphatic carbocycles. The zero-order chi connectivity index (χ0) is 8.97. The summed E-state index contributed by atoms with van der Waals surface area (Å²) in [7, 11) is 0. The summed E-state index contributed by atoms with van der Waals surface area (Å²) in [4.78, 5) is 14.8. The lowest BCUT2D eigenvalue weighted by Crippen LogP contribution is -2.09. The summed E-state index contributed by atoms with van der Waals surface area (Å²) in [5, 5.41) is 0. The lowest BCUT2D eigenvalue weighted by Gasteiger charge is -1.97. The van der Waals surface area contributed by atoms with Crippen LogP contribution in [0.25, 0.3) is 0 Å². The molecule has 66 valence electrons. The van der Waals surface area contributed by atoms with Gasteiger partial charge in [0.25, 0.3) is 0 Å². The second kappa shape index (κ2) is 3.87. The lowest BCUT2D eigenvalue weighted by atomic mass is 10.3. The number of aromatic nitrogens is 1. The van der Waals surface area contributed by atoms with Crippen molar-refractivity contribution in [2.45, 2.75) is 13.5 Å². The third kappa shape index (κ3) is 1.62. The molecule has 0 aliphatic heterocycles. The van der Waals surface area contributed by atoms with Crippen LogP contribution >= 0.6 is 0 Å². The van der Waals surface area contributed by atoms with Gasteiger partial charge in [-0.15, -0.1) is 0 Å². The second-order valence-electron chi connectivity index (χ2n) is 2.05. The summed E-state index contributed by atoms with van der Waals surface area (Å²) in [6.07, 6.45) is 1.18. The van der Waals surface area contributed by atoms with E-state index in [9.17, 15) is 4.79 Å². The van der Waals surface area contributed by atoms with Crippen LogP contribution in [-0.4, -0.2) is 17.6 Å². The number of nitrogens with zero attached hydrogens (tertiary/aromatic N) is 1. The fourth-order valence-corrected chi connectivity index (χ4v) is 0.781. The van der Waals surface area contributed by atoms with Crippen molar-refractivity contribution in [2.75, 3.05) is 6.61 Å². The molecule has 12 heavy (non-hydrogen) atoms. The van der Waals surface area contributed by atoms with Crippen molar-refractivity contribution in [3.63, 3.8) is 0 Å². The van der Waals surface area contributed by atoms with Crippen molar-refractivity contribution in [3.8, 4) is 0 Å². The van der Waals surface area contributed by atoms with Gasteiger partial charge in [0.15, 0.2) is 17.8 Å². The molecule has 0 aromatic carbocycles. The number of nitrogens with two attached hydrogens (primary N) is 1. The maximum Gasteiger partial charge on any atom is 0.360 e. The first-order valence-corrected chi connectivity index (χ1v) is 3.59. The van der Waals surface area contributed by atoms with Gasteiger partial charge in [-0.05, 0) is 6.92 Å². The number of esters is 1. The monoisotopic (exact) mass is 170 g/mol. The Morgan fingerprint density at radius 3 is 3.17 bits per heavy atom. The Balaban J connectivity index is 2.79. The van der Waals surface area contributed by atoms with E-state index in [0.29, 0.717) is 12.4 Å². The van der Waals surface area contributed by atoms with Gasteiger partial charge in [0, 0.05) is 0 Å². The van der Waals surface area contributed by atoms with E-state index in [0.717, 1.165) is 0 Å². The number of hydrogen-bond acceptors (Lipinski definition) is 5. The van der Waals surface area contributed by atoms with E-state index < -0.39 is 5.97 Å². The zero-order valence-electron chi connectivity index (χ0n) is 6.74. The average molecular weight is 170 g/mol. The van der Waals surface area contributed by atoms with Gasteiger partial charge < -0.3 is 14.9 Å². The molecule has 0 unspecified atom stereocenters. The molecular formula is C7H10N2O3. The number of hydrogen-bond donors (Lipinski definition) is 1. The number of ether oxygens (including phenoxy) is 1. The maximum absolute atomic E-state index is 11.1. The number of rotatable bonds is 3. The first kappa shape index (κ1) is 8.73. The minimum atomic E-state index is -0.494. The Kier molecular flexibility index (Phi) is 2.82. The highest BCUT2D eigenvalue weighted by atomic mass is 16.5. The summed E-state index contributed by atoms with van der Waals surface area (Å²) in [6, 6.07) is 0. The van der Waals surface area contributed by atoms with E-state index in [1.165, 1.54) is 6.39 Å². The van der Waals surface area contributed by atoms with E-state index in [1.807, 2.05) is 0 Å². The maximum atomic E-state index is 11.1. The Labute approximate surface area is 69.5 Å². The van der Waals surface area contributed by atoms with Crippen molar-refractivity contribution >= 4 is 5.97 Å². The van der Waals surface area contributed by atoms with Gasteiger partial charge in [0.1, 0.15) is 0 Å². The highest BCUT2D eigenvalue weighted by Crippen LogP contribution is 2.06. The Bertz CT molecular complexity index is 269. The van der Waals surface area contributed by atoms with Crippen LogP contribution in [0.2, 0.25) is 0 Å². The van der Waals surface area contributed by atoms with Crippen LogP contribution in [0.15, 0.2) is 10.8 Å². The van der Waals surface area contributed by atoms with Crippen LogP contribution in [0.3, 0.4) is 0 Å². The van der Waals surface area contributed by atoms with Crippen LogP contribution in [0, 0.1) is 0 Å². The van der Waals surface area contributed by atoms with E-state index in [2.05, 4.69) is 4.98 Å². The van der Waals surface area contributed by atoms with Crippen LogP contribution in [0.1, 0.15) is 23.2 Å². The molecule has 0 fully saturated rings. The van der Waals surface area contributed by atoms with Crippen LogP contribution in [0.4, 0.5) is 0 Å². The van der Waals surface area contributed by atoms with Crippen molar-refractivity contribution < 1.29 is 13.9 Å². The molecule has 0 aliphatic rings. The van der Waals surface area contributed by atoms with Gasteiger partial charge >= 0.3 is 5.97 Å². The SMILES string of the molecule is CCOC(=O)c1ncoc1CN. The molecule has 2 N–H and O–H groups in total. The van der Waals surface area contributed by atoms with Crippen molar-refractivity contribution in [1.82, 2.24) is 4.98 Å². The van der Waals surface area contributed by atoms with Crippen molar-refractivity contribution in [1.29, 1.82) is 0 Å². The van der Waals surface area contributed by atoms with E-state index in [1.54, 1.807) is 6.92 Å². The zero-order valence-corrected chi connectivity index (χ0v) is 6.74. The van der Waals surface area contributed by atoms with Crippen molar-refractivity contribution in [2.24, 2.45) is 5.73 Å². The minimum absolute atomic E-state index is 0.147. The lowest BCUT2D eigenvalue weighted by molar-refractivity contribution is 0.0517. The highest BCUT2D eigenvalue weighted by molar-refractivity contribution is 5.88. The third-order valence-corrected chi connectivity index (χ3v) is 1.30. The van der Waals surface area contributed by atoms with Gasteiger partial charge in [-0.25, -0.2) is 9.78 Å². The Morgan fingerprint density at radius 2 is 2.58 bits per heavy atom. The average Bonchev–Trinajstić information content (AvgIpc) is 2.51. The molecule has 5 nitrogen and oxygen atoms in total. The molecule has 0 atom stereocenters. The predicted octanol–water partition coefficient (Wildman–Crippen LogP) is 0.310. The fourth-order valence-electron chi connectivity index (χ4n) is 0.781. The quantitative estimate of drug-likeness (QED) is 0.660. The van der Waals surface area contributed by atoms with Gasteiger partial charge in [-0.1, -0.05) is 0 Å². The normalized spacial score (nSPS) is 9.83. The molecule has 5 heteroatoms. The molecule has 1 aromatic rings. The summed E-state index contributed by atoms with van der Waals surface area (Å²) >= 11 is 0. The molecule has 0 radical (unpaired) electrons. The topological polar surface area (TPSA) is 78.3 Å². The first-order chi connectivity index (χ1) is 5.79. The second-order valence-corrected chi connectivity index (χ2v) is 2.05.